The molecular formula is C11H21N5. The lowest BCUT2D eigenvalue weighted by atomic mass is 10.3. The van der Waals surface area contributed by atoms with Gasteiger partial charge in [-0.05, 0) is 25.3 Å². The molecule has 2 N–H and O–H groups in total. The number of hydrogen-bond donors (Lipinski definition) is 1. The first-order chi connectivity index (χ1) is 7.69. The average Bonchev–Trinajstić information content (AvgIpc) is 2.81. The highest BCUT2D eigenvalue weighted by atomic mass is 15.4. The number of rotatable bonds is 6. The fourth-order valence-electron chi connectivity index (χ4n) is 1.96. The molecule has 2 rings (SSSR count). The SMILES string of the molecule is CC1CC1CN(C)CCn1cc(CN)nn1. The number of hydrogen-bond acceptors (Lipinski definition) is 4. The highest BCUT2D eigenvalue weighted by Crippen LogP contribution is 2.37. The number of likely N-dealkylation sites (N-methyl/N-ethyl adjacent to an activating group) is 1. The molecule has 5 nitrogen and oxygen atoms in total. The van der Waals surface area contributed by atoms with Gasteiger partial charge in [0.25, 0.3) is 0 Å². The standard InChI is InChI=1S/C11H21N5/c1-9-5-10(9)7-15(2)3-4-16-8-11(6-12)13-14-16/h8-10H,3-7,12H2,1-2H3. The van der Waals surface area contributed by atoms with Crippen molar-refractivity contribution in [2.24, 2.45) is 17.6 Å². The minimum absolute atomic E-state index is 0.468. The average molecular weight is 223 g/mol. The van der Waals surface area contributed by atoms with Crippen LogP contribution in [0.1, 0.15) is 19.0 Å². The summed E-state index contributed by atoms with van der Waals surface area (Å²) in [6.45, 7) is 5.92. The van der Waals surface area contributed by atoms with Crippen LogP contribution < -0.4 is 5.73 Å². The highest BCUT2D eigenvalue weighted by molar-refractivity contribution is 4.90. The molecule has 0 bridgehead atoms. The van der Waals surface area contributed by atoms with Gasteiger partial charge >= 0.3 is 0 Å². The van der Waals surface area contributed by atoms with Crippen LogP contribution in [0.5, 0.6) is 0 Å². The van der Waals surface area contributed by atoms with Crippen molar-refractivity contribution in [1.29, 1.82) is 0 Å². The Kier molecular flexibility index (Phi) is 3.56. The summed E-state index contributed by atoms with van der Waals surface area (Å²) in [7, 11) is 2.17. The van der Waals surface area contributed by atoms with Gasteiger partial charge < -0.3 is 10.6 Å². The van der Waals surface area contributed by atoms with E-state index in [1.54, 1.807) is 0 Å². The third-order valence-corrected chi connectivity index (χ3v) is 3.33. The Morgan fingerprint density at radius 2 is 2.38 bits per heavy atom. The van der Waals surface area contributed by atoms with Gasteiger partial charge in [0.15, 0.2) is 0 Å². The van der Waals surface area contributed by atoms with Crippen LogP contribution >= 0.6 is 0 Å². The van der Waals surface area contributed by atoms with Crippen LogP contribution in [-0.4, -0.2) is 40.0 Å². The predicted octanol–water partition coefficient (Wildman–Crippen LogP) is 0.325. The Morgan fingerprint density at radius 1 is 1.62 bits per heavy atom. The van der Waals surface area contributed by atoms with Crippen molar-refractivity contribution in [3.8, 4) is 0 Å². The minimum Gasteiger partial charge on any atom is -0.325 e. The van der Waals surface area contributed by atoms with Crippen molar-refractivity contribution < 1.29 is 0 Å². The molecule has 0 saturated heterocycles. The molecule has 90 valence electrons. The lowest BCUT2D eigenvalue weighted by Crippen LogP contribution is -2.26. The second kappa shape index (κ2) is 4.93. The first-order valence-electron chi connectivity index (χ1n) is 5.96. The van der Waals surface area contributed by atoms with Gasteiger partial charge in [0.05, 0.1) is 12.2 Å². The summed E-state index contributed by atoms with van der Waals surface area (Å²) in [4.78, 5) is 2.37. The number of nitrogens with two attached hydrogens (primary N) is 1. The molecule has 1 fully saturated rings. The molecule has 1 saturated carbocycles. The molecule has 2 atom stereocenters. The van der Waals surface area contributed by atoms with Crippen LogP contribution in [0.25, 0.3) is 0 Å². The van der Waals surface area contributed by atoms with Crippen molar-refractivity contribution in [3.63, 3.8) is 0 Å². The molecule has 16 heavy (non-hydrogen) atoms. The van der Waals surface area contributed by atoms with Crippen molar-refractivity contribution in [2.45, 2.75) is 26.4 Å². The molecule has 5 heteroatoms. The van der Waals surface area contributed by atoms with E-state index in [2.05, 4.69) is 29.2 Å². The molecule has 1 heterocycles. The fourth-order valence-corrected chi connectivity index (χ4v) is 1.96. The van der Waals surface area contributed by atoms with Gasteiger partial charge in [-0.15, -0.1) is 5.10 Å². The molecule has 1 aliphatic rings. The predicted molar refractivity (Wildman–Crippen MR) is 62.7 cm³/mol. The van der Waals surface area contributed by atoms with Crippen LogP contribution in [0, 0.1) is 11.8 Å². The maximum Gasteiger partial charge on any atom is 0.0962 e. The molecule has 1 aromatic heterocycles. The first-order valence-corrected chi connectivity index (χ1v) is 5.96. The third-order valence-electron chi connectivity index (χ3n) is 3.33. The smallest absolute Gasteiger partial charge is 0.0962 e. The Balaban J connectivity index is 1.69. The van der Waals surface area contributed by atoms with E-state index in [1.165, 1.54) is 13.0 Å². The summed E-state index contributed by atoms with van der Waals surface area (Å²) < 4.78 is 1.87. The van der Waals surface area contributed by atoms with E-state index in [1.807, 2.05) is 10.9 Å². The van der Waals surface area contributed by atoms with E-state index in [0.717, 1.165) is 30.6 Å². The summed E-state index contributed by atoms with van der Waals surface area (Å²) in [6, 6.07) is 0. The van der Waals surface area contributed by atoms with Gasteiger partial charge in [-0.2, -0.15) is 0 Å². The van der Waals surface area contributed by atoms with E-state index in [4.69, 9.17) is 5.73 Å². The second-order valence-electron chi connectivity index (χ2n) is 4.91. The van der Waals surface area contributed by atoms with Gasteiger partial charge in [0.2, 0.25) is 0 Å². The molecule has 0 amide bonds. The van der Waals surface area contributed by atoms with Crippen LogP contribution in [-0.2, 0) is 13.1 Å². The maximum absolute atomic E-state index is 5.48. The molecule has 0 aliphatic heterocycles. The second-order valence-corrected chi connectivity index (χ2v) is 4.91. The van der Waals surface area contributed by atoms with E-state index >= 15 is 0 Å². The van der Waals surface area contributed by atoms with Crippen molar-refractivity contribution in [3.05, 3.63) is 11.9 Å². The Hall–Kier alpha value is -0.940. The zero-order valence-electron chi connectivity index (χ0n) is 10.1. The molecule has 1 aromatic rings. The topological polar surface area (TPSA) is 60.0 Å². The Labute approximate surface area is 96.6 Å². The molecule has 0 aromatic carbocycles. The normalized spacial score (nSPS) is 24.0. The molecule has 1 aliphatic carbocycles. The number of nitrogens with zero attached hydrogens (tertiary/aromatic N) is 4. The van der Waals surface area contributed by atoms with Gasteiger partial charge in [-0.25, -0.2) is 0 Å². The number of aromatic nitrogens is 3. The van der Waals surface area contributed by atoms with Gasteiger partial charge in [0, 0.05) is 25.8 Å². The summed E-state index contributed by atoms with van der Waals surface area (Å²) in [5.41, 5.74) is 6.34. The van der Waals surface area contributed by atoms with E-state index in [9.17, 15) is 0 Å². The first kappa shape index (κ1) is 11.5. The van der Waals surface area contributed by atoms with E-state index in [-0.39, 0.29) is 0 Å². The van der Waals surface area contributed by atoms with Crippen molar-refractivity contribution >= 4 is 0 Å². The Bertz CT molecular complexity index is 335. The summed E-state index contributed by atoms with van der Waals surface area (Å²) >= 11 is 0. The van der Waals surface area contributed by atoms with Crippen molar-refractivity contribution in [1.82, 2.24) is 19.9 Å². The molecule has 2 unspecified atom stereocenters. The van der Waals surface area contributed by atoms with Crippen LogP contribution in [0.15, 0.2) is 6.20 Å². The van der Waals surface area contributed by atoms with Crippen LogP contribution in [0.4, 0.5) is 0 Å². The zero-order valence-corrected chi connectivity index (χ0v) is 10.1. The van der Waals surface area contributed by atoms with E-state index in [0.29, 0.717) is 6.54 Å². The Morgan fingerprint density at radius 3 is 2.94 bits per heavy atom. The maximum atomic E-state index is 5.48. The van der Waals surface area contributed by atoms with Gasteiger partial charge in [-0.3, -0.25) is 4.68 Å². The van der Waals surface area contributed by atoms with E-state index < -0.39 is 0 Å². The molecular weight excluding hydrogens is 202 g/mol. The fraction of sp³-hybridized carbons (Fsp3) is 0.818. The van der Waals surface area contributed by atoms with Crippen molar-refractivity contribution in [2.75, 3.05) is 20.1 Å². The summed E-state index contributed by atoms with van der Waals surface area (Å²) in [5, 5.41) is 8.00. The van der Waals surface area contributed by atoms with Gasteiger partial charge in [-0.1, -0.05) is 12.1 Å². The molecule has 0 radical (unpaired) electrons. The van der Waals surface area contributed by atoms with Gasteiger partial charge in [0.1, 0.15) is 0 Å². The summed E-state index contributed by atoms with van der Waals surface area (Å²) in [5.74, 6) is 1.85. The highest BCUT2D eigenvalue weighted by Gasteiger charge is 2.32. The zero-order chi connectivity index (χ0) is 11.5. The quantitative estimate of drug-likeness (QED) is 0.755. The lowest BCUT2D eigenvalue weighted by Gasteiger charge is -2.15. The molecule has 0 spiro atoms. The monoisotopic (exact) mass is 223 g/mol. The third kappa shape index (κ3) is 3.02. The lowest BCUT2D eigenvalue weighted by molar-refractivity contribution is 0.295. The summed E-state index contributed by atoms with van der Waals surface area (Å²) in [6.07, 6.45) is 3.32. The van der Waals surface area contributed by atoms with Crippen LogP contribution in [0.2, 0.25) is 0 Å². The largest absolute Gasteiger partial charge is 0.325 e. The van der Waals surface area contributed by atoms with Crippen LogP contribution in [0.3, 0.4) is 0 Å². The minimum atomic E-state index is 0.468.